The highest BCUT2D eigenvalue weighted by Gasteiger charge is 2.17. The average Bonchev–Trinajstić information content (AvgIpc) is 2.47. The second kappa shape index (κ2) is 6.93. The van der Waals surface area contributed by atoms with E-state index in [4.69, 9.17) is 10.2 Å². The van der Waals surface area contributed by atoms with E-state index in [9.17, 15) is 22.0 Å². The molecule has 0 saturated carbocycles. The van der Waals surface area contributed by atoms with Gasteiger partial charge in [-0.1, -0.05) is 12.1 Å². The van der Waals surface area contributed by atoms with Crippen molar-refractivity contribution < 1.29 is 31.8 Å². The molecule has 0 radical (unpaired) electrons. The van der Waals surface area contributed by atoms with Gasteiger partial charge in [0.15, 0.2) is 0 Å². The number of aromatic carboxylic acids is 1. The van der Waals surface area contributed by atoms with Gasteiger partial charge in [-0.05, 0) is 47.9 Å². The molecule has 2 aromatic carbocycles. The van der Waals surface area contributed by atoms with E-state index in [1.807, 2.05) is 0 Å². The SMILES string of the molecule is NS(=O)(=O)c1ccc(C(=O)O)cc1Cc1ccc(OC(F)F)cc1. The number of alkyl halides is 2. The third-order valence-electron chi connectivity index (χ3n) is 3.16. The maximum atomic E-state index is 12.1. The van der Waals surface area contributed by atoms with Gasteiger partial charge in [-0.2, -0.15) is 8.78 Å². The quantitative estimate of drug-likeness (QED) is 0.824. The molecule has 0 saturated heterocycles. The van der Waals surface area contributed by atoms with E-state index in [0.717, 1.165) is 12.1 Å². The van der Waals surface area contributed by atoms with Gasteiger partial charge in [-0.15, -0.1) is 0 Å². The summed E-state index contributed by atoms with van der Waals surface area (Å²) in [5, 5.41) is 14.2. The lowest BCUT2D eigenvalue weighted by Crippen LogP contribution is -2.15. The molecule has 0 aliphatic carbocycles. The predicted molar refractivity (Wildman–Crippen MR) is 80.7 cm³/mol. The first-order valence-corrected chi connectivity index (χ1v) is 8.14. The minimum Gasteiger partial charge on any atom is -0.478 e. The number of carboxylic acids is 1. The molecule has 0 aliphatic rings. The lowest BCUT2D eigenvalue weighted by atomic mass is 10.0. The Balaban J connectivity index is 2.36. The molecule has 0 aromatic heterocycles. The van der Waals surface area contributed by atoms with Gasteiger partial charge >= 0.3 is 12.6 Å². The standard InChI is InChI=1S/C15H13F2NO5S/c16-15(17)23-12-4-1-9(2-5-12)7-11-8-10(14(19)20)3-6-13(11)24(18,21)22/h1-6,8,15H,7H2,(H,19,20)(H2,18,21,22). The number of hydrogen-bond acceptors (Lipinski definition) is 4. The van der Waals surface area contributed by atoms with Crippen LogP contribution in [-0.4, -0.2) is 26.1 Å². The van der Waals surface area contributed by atoms with Crippen molar-refractivity contribution in [1.82, 2.24) is 0 Å². The van der Waals surface area contributed by atoms with Crippen LogP contribution in [0.15, 0.2) is 47.4 Å². The summed E-state index contributed by atoms with van der Waals surface area (Å²) in [6.45, 7) is -2.95. The summed E-state index contributed by atoms with van der Waals surface area (Å²) in [7, 11) is -4.04. The van der Waals surface area contributed by atoms with Crippen LogP contribution in [0.4, 0.5) is 8.78 Å². The van der Waals surface area contributed by atoms with Crippen LogP contribution >= 0.6 is 0 Å². The zero-order valence-electron chi connectivity index (χ0n) is 12.1. The topological polar surface area (TPSA) is 107 Å². The second-order valence-electron chi connectivity index (χ2n) is 4.87. The fourth-order valence-corrected chi connectivity index (χ4v) is 2.89. The first kappa shape index (κ1) is 17.8. The van der Waals surface area contributed by atoms with Gasteiger partial charge in [0.25, 0.3) is 0 Å². The molecule has 2 aromatic rings. The number of carboxylic acid groups (broad SMARTS) is 1. The van der Waals surface area contributed by atoms with Gasteiger partial charge in [0.1, 0.15) is 5.75 Å². The Morgan fingerprint density at radius 3 is 2.29 bits per heavy atom. The molecule has 0 amide bonds. The van der Waals surface area contributed by atoms with E-state index >= 15 is 0 Å². The summed E-state index contributed by atoms with van der Waals surface area (Å²) >= 11 is 0. The Bertz CT molecular complexity index is 851. The van der Waals surface area contributed by atoms with E-state index in [1.165, 1.54) is 30.3 Å². The first-order chi connectivity index (χ1) is 11.2. The number of rotatable bonds is 6. The molecule has 128 valence electrons. The van der Waals surface area contributed by atoms with E-state index in [-0.39, 0.29) is 28.2 Å². The fourth-order valence-electron chi connectivity index (χ4n) is 2.14. The molecular formula is C15H13F2NO5S. The first-order valence-electron chi connectivity index (χ1n) is 6.59. The average molecular weight is 357 g/mol. The van der Waals surface area contributed by atoms with Crippen molar-refractivity contribution in [3.63, 3.8) is 0 Å². The highest BCUT2D eigenvalue weighted by Crippen LogP contribution is 2.22. The number of ether oxygens (including phenoxy) is 1. The maximum absolute atomic E-state index is 12.1. The highest BCUT2D eigenvalue weighted by molar-refractivity contribution is 7.89. The smallest absolute Gasteiger partial charge is 0.387 e. The summed E-state index contributed by atoms with van der Waals surface area (Å²) in [6, 6.07) is 9.04. The summed E-state index contributed by atoms with van der Waals surface area (Å²) in [6.07, 6.45) is 0.0574. The van der Waals surface area contributed by atoms with Crippen LogP contribution in [0, 0.1) is 0 Å². The maximum Gasteiger partial charge on any atom is 0.387 e. The van der Waals surface area contributed by atoms with Crippen LogP contribution < -0.4 is 9.88 Å². The summed E-state index contributed by atoms with van der Waals surface area (Å²) < 4.78 is 51.7. The van der Waals surface area contributed by atoms with Crippen molar-refractivity contribution in [3.8, 4) is 5.75 Å². The number of nitrogens with two attached hydrogens (primary N) is 1. The van der Waals surface area contributed by atoms with E-state index in [0.29, 0.717) is 5.56 Å². The molecular weight excluding hydrogens is 344 g/mol. The van der Waals surface area contributed by atoms with Gasteiger partial charge in [0, 0.05) is 0 Å². The van der Waals surface area contributed by atoms with Gasteiger partial charge in [-0.25, -0.2) is 18.4 Å². The summed E-state index contributed by atoms with van der Waals surface area (Å²) in [5.41, 5.74) is 0.680. The Labute approximate surface area is 136 Å². The normalized spacial score (nSPS) is 11.5. The zero-order chi connectivity index (χ0) is 17.9. The largest absolute Gasteiger partial charge is 0.478 e. The molecule has 0 aliphatic heterocycles. The van der Waals surface area contributed by atoms with Crippen LogP contribution in [-0.2, 0) is 16.4 Å². The number of hydrogen-bond donors (Lipinski definition) is 2. The third kappa shape index (κ3) is 4.49. The second-order valence-corrected chi connectivity index (χ2v) is 6.40. The Morgan fingerprint density at radius 2 is 1.79 bits per heavy atom. The number of benzene rings is 2. The molecule has 6 nitrogen and oxygen atoms in total. The van der Waals surface area contributed by atoms with Crippen molar-refractivity contribution in [2.24, 2.45) is 5.14 Å². The third-order valence-corrected chi connectivity index (χ3v) is 4.17. The van der Waals surface area contributed by atoms with Crippen LogP contribution in [0.3, 0.4) is 0 Å². The molecule has 2 rings (SSSR count). The van der Waals surface area contributed by atoms with Crippen molar-refractivity contribution in [2.45, 2.75) is 17.9 Å². The molecule has 0 unspecified atom stereocenters. The Kier molecular flexibility index (Phi) is 5.15. The number of carbonyl (C=O) groups is 1. The van der Waals surface area contributed by atoms with Gasteiger partial charge in [0.05, 0.1) is 10.5 Å². The van der Waals surface area contributed by atoms with E-state index < -0.39 is 22.6 Å². The van der Waals surface area contributed by atoms with Crippen molar-refractivity contribution in [1.29, 1.82) is 0 Å². The Hall–Kier alpha value is -2.52. The molecule has 0 spiro atoms. The summed E-state index contributed by atoms with van der Waals surface area (Å²) in [4.78, 5) is 10.9. The van der Waals surface area contributed by atoms with Crippen LogP contribution in [0.1, 0.15) is 21.5 Å². The fraction of sp³-hybridized carbons (Fsp3) is 0.133. The minimum absolute atomic E-state index is 0.0419. The lowest BCUT2D eigenvalue weighted by molar-refractivity contribution is -0.0498. The monoisotopic (exact) mass is 357 g/mol. The molecule has 0 fully saturated rings. The van der Waals surface area contributed by atoms with E-state index in [1.54, 1.807) is 0 Å². The van der Waals surface area contributed by atoms with Gasteiger partial charge < -0.3 is 9.84 Å². The van der Waals surface area contributed by atoms with E-state index in [2.05, 4.69) is 4.74 Å². The molecule has 24 heavy (non-hydrogen) atoms. The van der Waals surface area contributed by atoms with Crippen LogP contribution in [0.25, 0.3) is 0 Å². The lowest BCUT2D eigenvalue weighted by Gasteiger charge is -2.10. The van der Waals surface area contributed by atoms with Gasteiger partial charge in [0.2, 0.25) is 10.0 Å². The number of sulfonamides is 1. The van der Waals surface area contributed by atoms with Crippen molar-refractivity contribution in [3.05, 3.63) is 59.2 Å². The predicted octanol–water partition coefficient (Wildman–Crippen LogP) is 2.22. The number of halogens is 2. The zero-order valence-corrected chi connectivity index (χ0v) is 13.0. The highest BCUT2D eigenvalue weighted by atomic mass is 32.2. The van der Waals surface area contributed by atoms with Gasteiger partial charge in [-0.3, -0.25) is 0 Å². The molecule has 0 bridgehead atoms. The van der Waals surface area contributed by atoms with Crippen LogP contribution in [0.5, 0.6) is 5.75 Å². The molecule has 0 heterocycles. The molecule has 3 N–H and O–H groups in total. The summed E-state index contributed by atoms with van der Waals surface area (Å²) in [5.74, 6) is -1.25. The van der Waals surface area contributed by atoms with Crippen molar-refractivity contribution in [2.75, 3.05) is 0 Å². The molecule has 0 atom stereocenters. The Morgan fingerprint density at radius 1 is 1.17 bits per heavy atom. The minimum atomic E-state index is -4.04. The van der Waals surface area contributed by atoms with Crippen LogP contribution in [0.2, 0.25) is 0 Å². The van der Waals surface area contributed by atoms with Crippen molar-refractivity contribution >= 4 is 16.0 Å². The number of primary sulfonamides is 1. The molecule has 9 heteroatoms.